The van der Waals surface area contributed by atoms with Crippen LogP contribution in [0.2, 0.25) is 0 Å². The van der Waals surface area contributed by atoms with E-state index in [1.807, 2.05) is 0 Å². The van der Waals surface area contributed by atoms with Crippen molar-refractivity contribution >= 4 is 6.21 Å². The fraction of sp³-hybridized carbons (Fsp3) is 0.640. The molecule has 164 valence electrons. The maximum atomic E-state index is 5.81. The SMILES string of the molecule is NCCCC[NH+](CC1CN(Cc2ccccc2)CCN1)C1CCCC2=C1N=CCC2. The molecule has 0 aromatic heterocycles. The number of nitrogens with two attached hydrogens (primary N) is 1. The van der Waals surface area contributed by atoms with Gasteiger partial charge in [-0.2, -0.15) is 0 Å². The smallest absolute Gasteiger partial charge is 0.130 e. The van der Waals surface area contributed by atoms with Crippen LogP contribution in [0.15, 0.2) is 46.6 Å². The Bertz CT molecular complexity index is 714. The predicted octanol–water partition coefficient (Wildman–Crippen LogP) is 1.76. The molecule has 2 heterocycles. The second-order valence-corrected chi connectivity index (χ2v) is 9.26. The van der Waals surface area contributed by atoms with E-state index in [1.54, 1.807) is 10.5 Å². The van der Waals surface area contributed by atoms with Crippen LogP contribution in [0, 0.1) is 0 Å². The van der Waals surface area contributed by atoms with Crippen LogP contribution in [0.5, 0.6) is 0 Å². The van der Waals surface area contributed by atoms with Crippen molar-refractivity contribution in [2.75, 3.05) is 39.3 Å². The molecule has 0 bridgehead atoms. The first kappa shape index (κ1) is 21.7. The van der Waals surface area contributed by atoms with E-state index in [-0.39, 0.29) is 0 Å². The van der Waals surface area contributed by atoms with Crippen LogP contribution in [-0.4, -0.2) is 62.5 Å². The first-order chi connectivity index (χ1) is 14.8. The zero-order chi connectivity index (χ0) is 20.6. The summed E-state index contributed by atoms with van der Waals surface area (Å²) in [6.45, 7) is 7.62. The molecule has 5 nitrogen and oxygen atoms in total. The largest absolute Gasteiger partial charge is 0.330 e. The van der Waals surface area contributed by atoms with Crippen molar-refractivity contribution in [2.24, 2.45) is 10.7 Å². The summed E-state index contributed by atoms with van der Waals surface area (Å²) < 4.78 is 0. The summed E-state index contributed by atoms with van der Waals surface area (Å²) >= 11 is 0. The highest BCUT2D eigenvalue weighted by atomic mass is 15.2. The number of allylic oxidation sites excluding steroid dienone is 1. The van der Waals surface area contributed by atoms with E-state index >= 15 is 0 Å². The monoisotopic (exact) mass is 410 g/mol. The zero-order valence-electron chi connectivity index (χ0n) is 18.5. The molecule has 1 saturated heterocycles. The molecule has 3 unspecified atom stereocenters. The topological polar surface area (TPSA) is 58.1 Å². The first-order valence-corrected chi connectivity index (χ1v) is 12.1. The normalized spacial score (nSPS) is 25.9. The summed E-state index contributed by atoms with van der Waals surface area (Å²) in [7, 11) is 0. The number of unbranched alkanes of at least 4 members (excludes halogenated alkanes) is 1. The summed E-state index contributed by atoms with van der Waals surface area (Å²) in [5.41, 5.74) is 10.3. The number of aliphatic imine (C=N–C) groups is 1. The van der Waals surface area contributed by atoms with E-state index < -0.39 is 0 Å². The number of hydrogen-bond acceptors (Lipinski definition) is 4. The molecule has 5 heteroatoms. The summed E-state index contributed by atoms with van der Waals surface area (Å²) in [6, 6.07) is 12.0. The lowest BCUT2D eigenvalue weighted by Crippen LogP contribution is -3.17. The Morgan fingerprint density at radius 3 is 2.93 bits per heavy atom. The van der Waals surface area contributed by atoms with Crippen molar-refractivity contribution in [3.63, 3.8) is 0 Å². The van der Waals surface area contributed by atoms with Crippen LogP contribution in [-0.2, 0) is 6.54 Å². The van der Waals surface area contributed by atoms with Gasteiger partial charge in [0.2, 0.25) is 0 Å². The first-order valence-electron chi connectivity index (χ1n) is 12.1. The van der Waals surface area contributed by atoms with Gasteiger partial charge >= 0.3 is 0 Å². The van der Waals surface area contributed by atoms with Gasteiger partial charge in [-0.25, -0.2) is 0 Å². The lowest BCUT2D eigenvalue weighted by Gasteiger charge is -2.39. The highest BCUT2D eigenvalue weighted by Gasteiger charge is 2.34. The highest BCUT2D eigenvalue weighted by molar-refractivity contribution is 5.62. The molecular weight excluding hydrogens is 370 g/mol. The Kier molecular flexibility index (Phi) is 8.09. The van der Waals surface area contributed by atoms with Crippen LogP contribution in [0.1, 0.15) is 50.5 Å². The van der Waals surface area contributed by atoms with E-state index in [0.717, 1.165) is 45.6 Å². The zero-order valence-corrected chi connectivity index (χ0v) is 18.5. The highest BCUT2D eigenvalue weighted by Crippen LogP contribution is 2.30. The maximum absolute atomic E-state index is 5.81. The third-order valence-corrected chi connectivity index (χ3v) is 7.01. The molecular formula is C25H40N5+. The van der Waals surface area contributed by atoms with Gasteiger partial charge in [-0.15, -0.1) is 0 Å². The lowest BCUT2D eigenvalue weighted by molar-refractivity contribution is -0.922. The van der Waals surface area contributed by atoms with E-state index in [1.165, 1.54) is 56.5 Å². The van der Waals surface area contributed by atoms with Crippen LogP contribution in [0.4, 0.5) is 0 Å². The van der Waals surface area contributed by atoms with Gasteiger partial charge in [0, 0.05) is 38.8 Å². The predicted molar refractivity (Wildman–Crippen MR) is 125 cm³/mol. The third kappa shape index (κ3) is 5.79. The summed E-state index contributed by atoms with van der Waals surface area (Å²) in [5, 5.41) is 3.83. The Hall–Kier alpha value is -1.53. The molecule has 1 aliphatic carbocycles. The minimum Gasteiger partial charge on any atom is -0.330 e. The van der Waals surface area contributed by atoms with E-state index in [9.17, 15) is 0 Å². The lowest BCUT2D eigenvalue weighted by atomic mass is 9.87. The van der Waals surface area contributed by atoms with Gasteiger partial charge < -0.3 is 16.0 Å². The number of nitrogens with one attached hydrogen (secondary N) is 2. The Labute approximate surface area is 182 Å². The third-order valence-electron chi connectivity index (χ3n) is 7.01. The number of hydrogen-bond donors (Lipinski definition) is 3. The van der Waals surface area contributed by atoms with Gasteiger partial charge in [-0.05, 0) is 56.2 Å². The van der Waals surface area contributed by atoms with Gasteiger partial charge in [-0.3, -0.25) is 9.89 Å². The molecule has 0 saturated carbocycles. The number of rotatable bonds is 9. The fourth-order valence-electron chi connectivity index (χ4n) is 5.51. The Morgan fingerprint density at radius 1 is 1.17 bits per heavy atom. The number of nitrogens with zero attached hydrogens (tertiary/aromatic N) is 2. The molecule has 1 aromatic carbocycles. The molecule has 0 radical (unpaired) electrons. The van der Waals surface area contributed by atoms with E-state index in [4.69, 9.17) is 10.7 Å². The van der Waals surface area contributed by atoms with Gasteiger partial charge in [0.1, 0.15) is 6.04 Å². The van der Waals surface area contributed by atoms with E-state index in [0.29, 0.717) is 12.1 Å². The fourth-order valence-corrected chi connectivity index (χ4v) is 5.51. The van der Waals surface area contributed by atoms with Crippen molar-refractivity contribution in [1.82, 2.24) is 10.2 Å². The Balaban J connectivity index is 1.41. The van der Waals surface area contributed by atoms with E-state index in [2.05, 4.69) is 46.8 Å². The number of benzene rings is 1. The van der Waals surface area contributed by atoms with Gasteiger partial charge in [-0.1, -0.05) is 30.3 Å². The summed E-state index contributed by atoms with van der Waals surface area (Å²) in [5.74, 6) is 0. The quantitative estimate of drug-likeness (QED) is 0.544. The minimum atomic E-state index is 0.550. The molecule has 3 aliphatic rings. The number of quaternary nitrogens is 1. The van der Waals surface area contributed by atoms with Crippen molar-refractivity contribution in [1.29, 1.82) is 0 Å². The number of piperazine rings is 1. The van der Waals surface area contributed by atoms with Crippen LogP contribution in [0.3, 0.4) is 0 Å². The molecule has 1 aromatic rings. The van der Waals surface area contributed by atoms with Gasteiger partial charge in [0.05, 0.1) is 24.8 Å². The molecule has 0 spiro atoms. The van der Waals surface area contributed by atoms with Crippen molar-refractivity contribution in [3.05, 3.63) is 47.2 Å². The Morgan fingerprint density at radius 2 is 2.07 bits per heavy atom. The molecule has 30 heavy (non-hydrogen) atoms. The van der Waals surface area contributed by atoms with Crippen LogP contribution < -0.4 is 16.0 Å². The van der Waals surface area contributed by atoms with Crippen molar-refractivity contribution < 1.29 is 4.90 Å². The standard InChI is InChI=1S/C25H39N5/c26-13-4-5-16-30(24-12-6-10-22-11-7-14-28-25(22)24)20-23-19-29(17-15-27-23)18-21-8-2-1-3-9-21/h1-3,8-9,14,23-24,27H,4-7,10-13,15-20,26H2/p+1. The van der Waals surface area contributed by atoms with Crippen LogP contribution in [0.25, 0.3) is 0 Å². The minimum absolute atomic E-state index is 0.550. The molecule has 4 N–H and O–H groups in total. The van der Waals surface area contributed by atoms with Crippen molar-refractivity contribution in [3.8, 4) is 0 Å². The second-order valence-electron chi connectivity index (χ2n) is 9.26. The average Bonchev–Trinajstić information content (AvgIpc) is 2.79. The maximum Gasteiger partial charge on any atom is 0.130 e. The van der Waals surface area contributed by atoms with Crippen molar-refractivity contribution in [2.45, 2.75) is 63.6 Å². The van der Waals surface area contributed by atoms with Gasteiger partial charge in [0.15, 0.2) is 0 Å². The van der Waals surface area contributed by atoms with Crippen LogP contribution >= 0.6 is 0 Å². The molecule has 4 rings (SSSR count). The summed E-state index contributed by atoms with van der Waals surface area (Å²) in [4.78, 5) is 9.28. The van der Waals surface area contributed by atoms with Gasteiger partial charge in [0.25, 0.3) is 0 Å². The molecule has 1 fully saturated rings. The molecule has 2 aliphatic heterocycles. The summed E-state index contributed by atoms with van der Waals surface area (Å²) in [6.07, 6.45) is 10.8. The second kappa shape index (κ2) is 11.2. The molecule has 3 atom stereocenters. The molecule has 0 amide bonds. The average molecular weight is 411 g/mol.